The molecule has 0 aliphatic carbocycles. The Labute approximate surface area is 126 Å². The highest BCUT2D eigenvalue weighted by Crippen LogP contribution is 2.23. The molecular weight excluding hydrogens is 268 g/mol. The van der Waals surface area contributed by atoms with Crippen molar-refractivity contribution < 1.29 is 14.3 Å². The average molecular weight is 292 g/mol. The van der Waals surface area contributed by atoms with Crippen LogP contribution in [-0.2, 0) is 0 Å². The van der Waals surface area contributed by atoms with Gasteiger partial charge >= 0.3 is 0 Å². The summed E-state index contributed by atoms with van der Waals surface area (Å²) in [5.41, 5.74) is 0.557. The fraction of sp³-hybridized carbons (Fsp3) is 0.562. The van der Waals surface area contributed by atoms with E-state index in [1.807, 2.05) is 0 Å². The first-order chi connectivity index (χ1) is 10.1. The fourth-order valence-corrected chi connectivity index (χ4v) is 2.65. The summed E-state index contributed by atoms with van der Waals surface area (Å²) in [5, 5.41) is 6.45. The van der Waals surface area contributed by atoms with E-state index in [9.17, 15) is 4.79 Å². The second-order valence-corrected chi connectivity index (χ2v) is 5.47. The van der Waals surface area contributed by atoms with Crippen LogP contribution >= 0.6 is 0 Å². The van der Waals surface area contributed by atoms with Crippen LogP contribution in [-0.4, -0.2) is 39.3 Å². The Bertz CT molecular complexity index is 462. The Morgan fingerprint density at radius 2 is 1.95 bits per heavy atom. The molecule has 1 saturated heterocycles. The number of piperidine rings is 1. The van der Waals surface area contributed by atoms with Gasteiger partial charge < -0.3 is 20.1 Å². The third-order valence-electron chi connectivity index (χ3n) is 4.01. The van der Waals surface area contributed by atoms with E-state index in [4.69, 9.17) is 9.47 Å². The van der Waals surface area contributed by atoms with Crippen molar-refractivity contribution in [1.82, 2.24) is 10.6 Å². The van der Waals surface area contributed by atoms with Crippen molar-refractivity contribution in [3.05, 3.63) is 23.8 Å². The maximum absolute atomic E-state index is 12.4. The summed E-state index contributed by atoms with van der Waals surface area (Å²) in [6.45, 7) is 4.10. The monoisotopic (exact) mass is 292 g/mol. The molecule has 21 heavy (non-hydrogen) atoms. The molecule has 0 bridgehead atoms. The number of amides is 1. The molecular formula is C16H24N2O3. The van der Waals surface area contributed by atoms with Crippen molar-refractivity contribution in [1.29, 1.82) is 0 Å². The largest absolute Gasteiger partial charge is 0.497 e. The van der Waals surface area contributed by atoms with Gasteiger partial charge in [-0.25, -0.2) is 0 Å². The Morgan fingerprint density at radius 3 is 2.48 bits per heavy atom. The summed E-state index contributed by atoms with van der Waals surface area (Å²) in [6.07, 6.45) is 2.31. The number of benzene rings is 1. The van der Waals surface area contributed by atoms with Gasteiger partial charge in [-0.2, -0.15) is 0 Å². The molecule has 5 nitrogen and oxygen atoms in total. The highest BCUT2D eigenvalue weighted by atomic mass is 16.5. The van der Waals surface area contributed by atoms with Gasteiger partial charge in [-0.3, -0.25) is 4.79 Å². The van der Waals surface area contributed by atoms with Gasteiger partial charge in [0.05, 0.1) is 14.2 Å². The summed E-state index contributed by atoms with van der Waals surface area (Å²) in [7, 11) is 3.15. The van der Waals surface area contributed by atoms with Gasteiger partial charge in [0.25, 0.3) is 5.91 Å². The predicted octanol–water partition coefficient (Wildman–Crippen LogP) is 1.82. The van der Waals surface area contributed by atoms with Crippen molar-refractivity contribution in [2.75, 3.05) is 27.3 Å². The zero-order valence-electron chi connectivity index (χ0n) is 12.9. The predicted molar refractivity (Wildman–Crippen MR) is 82.1 cm³/mol. The molecule has 0 aromatic heterocycles. The average Bonchev–Trinajstić information content (AvgIpc) is 2.54. The standard InChI is InChI=1S/C16H24N2O3/c1-11(12-5-4-6-17-10-12)18-16(19)13-7-14(20-2)9-15(8-13)21-3/h7-9,11-12,17H,4-6,10H2,1-3H3,(H,18,19). The molecule has 5 heteroatoms. The Hall–Kier alpha value is -1.75. The number of hydrogen-bond acceptors (Lipinski definition) is 4. The lowest BCUT2D eigenvalue weighted by atomic mass is 9.92. The normalized spacial score (nSPS) is 19.7. The zero-order valence-corrected chi connectivity index (χ0v) is 12.9. The molecule has 2 atom stereocenters. The number of carbonyl (C=O) groups is 1. The summed E-state index contributed by atoms with van der Waals surface area (Å²) in [4.78, 5) is 12.4. The maximum Gasteiger partial charge on any atom is 0.251 e. The van der Waals surface area contributed by atoms with Crippen molar-refractivity contribution in [3.8, 4) is 11.5 Å². The van der Waals surface area contributed by atoms with E-state index in [0.29, 0.717) is 23.0 Å². The molecule has 2 N–H and O–H groups in total. The molecule has 1 aromatic rings. The minimum absolute atomic E-state index is 0.0923. The molecule has 0 spiro atoms. The van der Waals surface area contributed by atoms with Crippen LogP contribution in [0.15, 0.2) is 18.2 Å². The molecule has 0 radical (unpaired) electrons. The molecule has 116 valence electrons. The summed E-state index contributed by atoms with van der Waals surface area (Å²) in [5.74, 6) is 1.62. The Balaban J connectivity index is 2.05. The number of nitrogens with one attached hydrogen (secondary N) is 2. The smallest absolute Gasteiger partial charge is 0.251 e. The van der Waals surface area contributed by atoms with Gasteiger partial charge in [-0.15, -0.1) is 0 Å². The van der Waals surface area contributed by atoms with Gasteiger partial charge in [0, 0.05) is 17.7 Å². The maximum atomic E-state index is 12.4. The van der Waals surface area contributed by atoms with Crippen LogP contribution in [0.1, 0.15) is 30.1 Å². The van der Waals surface area contributed by atoms with Crippen LogP contribution in [0.25, 0.3) is 0 Å². The number of rotatable bonds is 5. The molecule has 1 aliphatic rings. The van der Waals surface area contributed by atoms with E-state index in [1.54, 1.807) is 32.4 Å². The third-order valence-corrected chi connectivity index (χ3v) is 4.01. The third kappa shape index (κ3) is 4.11. The summed E-state index contributed by atoms with van der Waals surface area (Å²) in [6, 6.07) is 5.35. The van der Waals surface area contributed by atoms with Crippen LogP contribution in [0.3, 0.4) is 0 Å². The lowest BCUT2D eigenvalue weighted by Gasteiger charge is -2.29. The number of carbonyl (C=O) groups excluding carboxylic acids is 1. The lowest BCUT2D eigenvalue weighted by Crippen LogP contribution is -2.44. The zero-order chi connectivity index (χ0) is 15.2. The Kier molecular flexibility index (Phi) is 5.44. The molecule has 1 fully saturated rings. The highest BCUT2D eigenvalue weighted by molar-refractivity contribution is 5.95. The van der Waals surface area contributed by atoms with E-state index >= 15 is 0 Å². The first kappa shape index (κ1) is 15.6. The van der Waals surface area contributed by atoms with Crippen molar-refractivity contribution >= 4 is 5.91 Å². The van der Waals surface area contributed by atoms with Crippen LogP contribution in [0.5, 0.6) is 11.5 Å². The minimum atomic E-state index is -0.0923. The molecule has 1 heterocycles. The Morgan fingerprint density at radius 1 is 1.29 bits per heavy atom. The van der Waals surface area contributed by atoms with E-state index in [1.165, 1.54) is 0 Å². The lowest BCUT2D eigenvalue weighted by molar-refractivity contribution is 0.0921. The second-order valence-electron chi connectivity index (χ2n) is 5.47. The van der Waals surface area contributed by atoms with Crippen molar-refractivity contribution in [2.24, 2.45) is 5.92 Å². The minimum Gasteiger partial charge on any atom is -0.497 e. The summed E-state index contributed by atoms with van der Waals surface area (Å²) < 4.78 is 10.4. The molecule has 2 unspecified atom stereocenters. The van der Waals surface area contributed by atoms with Crippen LogP contribution in [0.4, 0.5) is 0 Å². The molecule has 1 aliphatic heterocycles. The number of ether oxygens (including phenoxy) is 2. The number of hydrogen-bond donors (Lipinski definition) is 2. The molecule has 1 aromatic carbocycles. The topological polar surface area (TPSA) is 59.6 Å². The quantitative estimate of drug-likeness (QED) is 0.869. The van der Waals surface area contributed by atoms with Crippen LogP contribution in [0.2, 0.25) is 0 Å². The first-order valence-corrected chi connectivity index (χ1v) is 7.38. The van der Waals surface area contributed by atoms with E-state index in [-0.39, 0.29) is 11.9 Å². The second kappa shape index (κ2) is 7.31. The molecule has 2 rings (SSSR count). The SMILES string of the molecule is COc1cc(OC)cc(C(=O)NC(C)C2CCCNC2)c1. The van der Waals surface area contributed by atoms with Crippen molar-refractivity contribution in [3.63, 3.8) is 0 Å². The van der Waals surface area contributed by atoms with Gasteiger partial charge in [0.2, 0.25) is 0 Å². The first-order valence-electron chi connectivity index (χ1n) is 7.38. The van der Waals surface area contributed by atoms with Gasteiger partial charge in [0.1, 0.15) is 11.5 Å². The van der Waals surface area contributed by atoms with Crippen LogP contribution in [0, 0.1) is 5.92 Å². The van der Waals surface area contributed by atoms with Gasteiger partial charge in [-0.1, -0.05) is 0 Å². The van der Waals surface area contributed by atoms with E-state index in [2.05, 4.69) is 17.6 Å². The van der Waals surface area contributed by atoms with Gasteiger partial charge in [0.15, 0.2) is 0 Å². The molecule has 1 amide bonds. The van der Waals surface area contributed by atoms with Crippen LogP contribution < -0.4 is 20.1 Å². The number of methoxy groups -OCH3 is 2. The molecule has 0 saturated carbocycles. The fourth-order valence-electron chi connectivity index (χ4n) is 2.65. The van der Waals surface area contributed by atoms with Gasteiger partial charge in [-0.05, 0) is 50.9 Å². The highest BCUT2D eigenvalue weighted by Gasteiger charge is 2.22. The summed E-state index contributed by atoms with van der Waals surface area (Å²) >= 11 is 0. The van der Waals surface area contributed by atoms with E-state index < -0.39 is 0 Å². The van der Waals surface area contributed by atoms with Crippen molar-refractivity contribution in [2.45, 2.75) is 25.8 Å². The van der Waals surface area contributed by atoms with E-state index in [0.717, 1.165) is 25.9 Å².